The lowest BCUT2D eigenvalue weighted by atomic mass is 9.99. The molecule has 2 saturated heterocycles. The Morgan fingerprint density at radius 1 is 0.756 bits per heavy atom. The number of carbonyl (C=O) groups excluding carboxylic acids is 2. The van der Waals surface area contributed by atoms with Crippen LogP contribution in [0.4, 0.5) is 0 Å². The summed E-state index contributed by atoms with van der Waals surface area (Å²) in [5.41, 5.74) is 1.09. The highest BCUT2D eigenvalue weighted by Crippen LogP contribution is 2.38. The highest BCUT2D eigenvalue weighted by Gasteiger charge is 2.60. The molecular weight excluding hydrogens is 600 g/mol. The highest BCUT2D eigenvalue weighted by molar-refractivity contribution is 5.87. The third-order valence-electron chi connectivity index (χ3n) is 7.10. The Morgan fingerprint density at radius 3 is 1.84 bits per heavy atom. The first-order valence-electron chi connectivity index (χ1n) is 13.7. The van der Waals surface area contributed by atoms with Crippen molar-refractivity contribution in [2.75, 3.05) is 19.8 Å². The molecule has 9 atom stereocenters. The maximum absolute atomic E-state index is 12.7. The summed E-state index contributed by atoms with van der Waals surface area (Å²) in [4.78, 5) is 24.9. The van der Waals surface area contributed by atoms with Crippen molar-refractivity contribution in [2.24, 2.45) is 0 Å². The van der Waals surface area contributed by atoms with Crippen molar-refractivity contribution in [3.8, 4) is 11.5 Å². The number of aliphatic hydroxyl groups is 6. The van der Waals surface area contributed by atoms with Crippen LogP contribution in [0.25, 0.3) is 12.2 Å². The fourth-order valence-corrected chi connectivity index (χ4v) is 4.64. The molecule has 0 radical (unpaired) electrons. The number of aromatic hydroxyl groups is 2. The molecule has 2 aliphatic heterocycles. The van der Waals surface area contributed by atoms with Crippen molar-refractivity contribution >= 4 is 24.1 Å². The molecule has 0 saturated carbocycles. The number of hydrogen-bond donors (Lipinski definition) is 8. The van der Waals surface area contributed by atoms with Gasteiger partial charge in [-0.25, -0.2) is 9.59 Å². The number of carbonyl (C=O) groups is 2. The Bertz CT molecular complexity index is 1340. The third kappa shape index (κ3) is 8.23. The Morgan fingerprint density at radius 2 is 1.31 bits per heavy atom. The average Bonchev–Trinajstić information content (AvgIpc) is 3.30. The van der Waals surface area contributed by atoms with Crippen molar-refractivity contribution in [3.63, 3.8) is 0 Å². The summed E-state index contributed by atoms with van der Waals surface area (Å²) in [6, 6.07) is 11.7. The van der Waals surface area contributed by atoms with Crippen LogP contribution in [0.5, 0.6) is 11.5 Å². The van der Waals surface area contributed by atoms with Gasteiger partial charge in [-0.15, -0.1) is 0 Å². The van der Waals surface area contributed by atoms with Crippen LogP contribution in [0.3, 0.4) is 0 Å². The van der Waals surface area contributed by atoms with E-state index < -0.39 is 86.6 Å². The fourth-order valence-electron chi connectivity index (χ4n) is 4.64. The minimum atomic E-state index is -2.43. The third-order valence-corrected chi connectivity index (χ3v) is 7.10. The molecular formula is C30H34O15. The second-order valence-corrected chi connectivity index (χ2v) is 10.3. The van der Waals surface area contributed by atoms with E-state index in [0.717, 1.165) is 12.2 Å². The zero-order valence-corrected chi connectivity index (χ0v) is 23.6. The number of aliphatic hydroxyl groups excluding tert-OH is 6. The van der Waals surface area contributed by atoms with E-state index >= 15 is 0 Å². The summed E-state index contributed by atoms with van der Waals surface area (Å²) in [5, 5.41) is 81.0. The number of benzene rings is 2. The molecule has 8 N–H and O–H groups in total. The number of phenols is 2. The Hall–Kier alpha value is -3.90. The zero-order chi connectivity index (χ0) is 32.7. The van der Waals surface area contributed by atoms with Gasteiger partial charge in [0.15, 0.2) is 12.4 Å². The minimum Gasteiger partial charge on any atom is -0.508 e. The molecule has 15 nitrogen and oxygen atoms in total. The molecule has 2 aromatic rings. The molecule has 0 bridgehead atoms. The molecule has 0 amide bonds. The molecule has 0 aliphatic carbocycles. The van der Waals surface area contributed by atoms with Gasteiger partial charge >= 0.3 is 11.9 Å². The first-order chi connectivity index (χ1) is 21.5. The van der Waals surface area contributed by atoms with Gasteiger partial charge in [0.2, 0.25) is 5.79 Å². The van der Waals surface area contributed by atoms with E-state index in [0.29, 0.717) is 11.1 Å². The number of phenolic OH excluding ortho intramolecular Hbond substituents is 2. The van der Waals surface area contributed by atoms with Gasteiger partial charge in [-0.3, -0.25) is 0 Å². The molecule has 0 spiro atoms. The van der Waals surface area contributed by atoms with E-state index in [1.165, 1.54) is 48.6 Å². The van der Waals surface area contributed by atoms with Gasteiger partial charge in [0, 0.05) is 12.2 Å². The molecule has 45 heavy (non-hydrogen) atoms. The maximum atomic E-state index is 12.7. The fraction of sp³-hybridized carbons (Fsp3) is 0.400. The Labute approximate surface area is 256 Å². The molecule has 0 aromatic heterocycles. The van der Waals surface area contributed by atoms with Gasteiger partial charge in [-0.05, 0) is 47.5 Å². The monoisotopic (exact) mass is 634 g/mol. The van der Waals surface area contributed by atoms with E-state index in [-0.39, 0.29) is 11.5 Å². The van der Waals surface area contributed by atoms with Crippen molar-refractivity contribution in [1.82, 2.24) is 0 Å². The van der Waals surface area contributed by atoms with Crippen molar-refractivity contribution in [3.05, 3.63) is 71.8 Å². The lowest BCUT2D eigenvalue weighted by Gasteiger charge is -2.43. The maximum Gasteiger partial charge on any atom is 0.331 e. The summed E-state index contributed by atoms with van der Waals surface area (Å²) in [5.74, 6) is -4.27. The first-order valence-corrected chi connectivity index (χ1v) is 13.7. The van der Waals surface area contributed by atoms with Crippen LogP contribution in [-0.4, -0.2) is 127 Å². The molecule has 9 unspecified atom stereocenters. The van der Waals surface area contributed by atoms with E-state index in [1.807, 2.05) is 0 Å². The molecule has 244 valence electrons. The summed E-state index contributed by atoms with van der Waals surface area (Å²) >= 11 is 0. The molecule has 2 aromatic carbocycles. The molecule has 15 heteroatoms. The standard InChI is InChI=1S/C30H34O15/c31-13-20-25(38)28(43-23(36)12-6-17-3-9-19(34)10-4-17)30(15-32,44-20)45-29-27(40)26(39)24(37)21(42-29)14-41-22(35)11-5-16-1-7-18(33)8-2-16/h1-12,20-21,24-29,31-34,37-40H,13-15H2. The van der Waals surface area contributed by atoms with E-state index in [1.54, 1.807) is 12.1 Å². The smallest absolute Gasteiger partial charge is 0.331 e. The molecule has 4 rings (SSSR count). The minimum absolute atomic E-state index is 0.00786. The van der Waals surface area contributed by atoms with Crippen LogP contribution in [0.2, 0.25) is 0 Å². The molecule has 2 fully saturated rings. The lowest BCUT2D eigenvalue weighted by Crippen LogP contribution is -2.63. The SMILES string of the molecule is O=C(C=Cc1ccc(O)cc1)OCC1OC(OC2(CO)OC(CO)C(O)C2OC(=O)C=Cc2ccc(O)cc2)C(O)C(O)C1O. The lowest BCUT2D eigenvalue weighted by molar-refractivity contribution is -0.383. The Balaban J connectivity index is 1.45. The summed E-state index contributed by atoms with van der Waals surface area (Å²) < 4.78 is 27.2. The van der Waals surface area contributed by atoms with E-state index in [2.05, 4.69) is 0 Å². The van der Waals surface area contributed by atoms with Crippen LogP contribution < -0.4 is 0 Å². The van der Waals surface area contributed by atoms with Crippen molar-refractivity contribution in [1.29, 1.82) is 0 Å². The highest BCUT2D eigenvalue weighted by atomic mass is 16.8. The van der Waals surface area contributed by atoms with Crippen LogP contribution in [0, 0.1) is 0 Å². The Kier molecular flexibility index (Phi) is 11.3. The van der Waals surface area contributed by atoms with Crippen molar-refractivity contribution < 1.29 is 74.1 Å². The van der Waals surface area contributed by atoms with E-state index in [4.69, 9.17) is 23.7 Å². The second-order valence-electron chi connectivity index (χ2n) is 10.3. The average molecular weight is 635 g/mol. The summed E-state index contributed by atoms with van der Waals surface area (Å²) in [6.45, 7) is -2.53. The quantitative estimate of drug-likeness (QED) is 0.104. The topological polar surface area (TPSA) is 242 Å². The number of rotatable bonds is 11. The normalized spacial score (nSPS) is 31.8. The van der Waals surface area contributed by atoms with Crippen molar-refractivity contribution in [2.45, 2.75) is 54.8 Å². The predicted molar refractivity (Wildman–Crippen MR) is 151 cm³/mol. The summed E-state index contributed by atoms with van der Waals surface area (Å²) in [6.07, 6.45) is -9.17. The van der Waals surface area contributed by atoms with Crippen LogP contribution in [-0.2, 0) is 33.3 Å². The predicted octanol–water partition coefficient (Wildman–Crippen LogP) is -1.46. The molecule has 2 aliphatic rings. The number of esters is 2. The zero-order valence-electron chi connectivity index (χ0n) is 23.6. The number of ether oxygens (including phenoxy) is 5. The van der Waals surface area contributed by atoms with Gasteiger partial charge in [-0.2, -0.15) is 0 Å². The molecule has 2 heterocycles. The van der Waals surface area contributed by atoms with Crippen LogP contribution >= 0.6 is 0 Å². The van der Waals surface area contributed by atoms with Gasteiger partial charge in [0.1, 0.15) is 61.3 Å². The van der Waals surface area contributed by atoms with Crippen LogP contribution in [0.15, 0.2) is 60.7 Å². The van der Waals surface area contributed by atoms with Gasteiger partial charge in [0.05, 0.1) is 6.61 Å². The number of hydrogen-bond acceptors (Lipinski definition) is 15. The van der Waals surface area contributed by atoms with Crippen LogP contribution in [0.1, 0.15) is 11.1 Å². The second kappa shape index (κ2) is 14.9. The largest absolute Gasteiger partial charge is 0.508 e. The van der Waals surface area contributed by atoms with Gasteiger partial charge < -0.3 is 64.5 Å². The first kappa shape index (κ1) is 34.0. The van der Waals surface area contributed by atoms with Gasteiger partial charge in [0.25, 0.3) is 0 Å². The summed E-state index contributed by atoms with van der Waals surface area (Å²) in [7, 11) is 0. The van der Waals surface area contributed by atoms with Gasteiger partial charge in [-0.1, -0.05) is 24.3 Å². The van der Waals surface area contributed by atoms with E-state index in [9.17, 15) is 50.4 Å².